The van der Waals surface area contributed by atoms with Crippen molar-refractivity contribution < 1.29 is 4.74 Å². The van der Waals surface area contributed by atoms with Crippen molar-refractivity contribution in [1.82, 2.24) is 9.78 Å². The van der Waals surface area contributed by atoms with E-state index in [1.807, 2.05) is 48.5 Å². The Morgan fingerprint density at radius 2 is 1.64 bits per heavy atom. The van der Waals surface area contributed by atoms with Crippen molar-refractivity contribution >= 4 is 11.0 Å². The van der Waals surface area contributed by atoms with Crippen LogP contribution in [0.5, 0.6) is 5.75 Å². The van der Waals surface area contributed by atoms with Gasteiger partial charge in [0.1, 0.15) is 12.4 Å². The second-order valence-corrected chi connectivity index (χ2v) is 5.24. The topological polar surface area (TPSA) is 29.9 Å². The summed E-state index contributed by atoms with van der Waals surface area (Å²) in [5.74, 6) is 0.868. The molecule has 0 fully saturated rings. The summed E-state index contributed by atoms with van der Waals surface area (Å²) < 4.78 is 7.95. The minimum Gasteiger partial charge on any atom is -0.489 e. The normalized spacial score (nSPS) is 10.9. The van der Waals surface area contributed by atoms with Crippen molar-refractivity contribution in [3.63, 3.8) is 0 Å². The van der Waals surface area contributed by atoms with Crippen LogP contribution < -0.4 is 4.74 Å². The van der Waals surface area contributed by atoms with Gasteiger partial charge in [-0.3, -0.25) is 9.78 Å². The lowest BCUT2D eigenvalue weighted by Gasteiger charge is -2.17. The molecule has 108 valence electrons. The molecule has 1 N–H and O–H groups in total. The molecule has 3 nitrogen and oxygen atoms in total. The van der Waals surface area contributed by atoms with Gasteiger partial charge >= 0.3 is 0 Å². The van der Waals surface area contributed by atoms with Crippen LogP contribution in [0.15, 0.2) is 78.9 Å². The van der Waals surface area contributed by atoms with E-state index in [1.165, 1.54) is 11.1 Å². The number of aromatic nitrogens is 2. The van der Waals surface area contributed by atoms with Crippen LogP contribution in [0.2, 0.25) is 0 Å². The first-order chi connectivity index (χ1) is 10.9. The van der Waals surface area contributed by atoms with Gasteiger partial charge in [-0.2, -0.15) is 0 Å². The predicted molar refractivity (Wildman–Crippen MR) is 88.4 cm³/mol. The summed E-state index contributed by atoms with van der Waals surface area (Å²) in [4.78, 5) is 0. The molecule has 0 amide bonds. The summed E-state index contributed by atoms with van der Waals surface area (Å²) in [5.41, 5.74) is 4.57. The average molecular weight is 288 g/mol. The van der Waals surface area contributed by atoms with Crippen molar-refractivity contribution in [2.45, 2.75) is 6.61 Å². The molecular formula is C19H16N2O. The smallest absolute Gasteiger partial charge is 0.121 e. The quantitative estimate of drug-likeness (QED) is 0.587. The second kappa shape index (κ2) is 5.45. The SMILES string of the molecule is c1ccc(COc2cccc(-n3[nH]c4ccccc43)c2)cc1. The van der Waals surface area contributed by atoms with Gasteiger partial charge in [0.2, 0.25) is 0 Å². The van der Waals surface area contributed by atoms with E-state index >= 15 is 0 Å². The van der Waals surface area contributed by atoms with Crippen molar-refractivity contribution in [1.29, 1.82) is 0 Å². The number of nitrogens with one attached hydrogen (secondary N) is 1. The van der Waals surface area contributed by atoms with E-state index in [4.69, 9.17) is 4.74 Å². The minimum absolute atomic E-state index is 0.578. The van der Waals surface area contributed by atoms with Gasteiger partial charge in [-0.15, -0.1) is 0 Å². The van der Waals surface area contributed by atoms with Gasteiger partial charge in [0.05, 0.1) is 16.7 Å². The molecule has 0 saturated carbocycles. The summed E-state index contributed by atoms with van der Waals surface area (Å²) in [7, 11) is 0. The van der Waals surface area contributed by atoms with Gasteiger partial charge in [0.25, 0.3) is 0 Å². The maximum Gasteiger partial charge on any atom is 0.121 e. The summed E-state index contributed by atoms with van der Waals surface area (Å²) >= 11 is 0. The lowest BCUT2D eigenvalue weighted by Crippen LogP contribution is -2.08. The molecule has 0 spiro atoms. The van der Waals surface area contributed by atoms with E-state index in [0.29, 0.717) is 6.61 Å². The third kappa shape index (κ3) is 2.37. The molecule has 0 saturated heterocycles. The number of ether oxygens (including phenoxy) is 1. The zero-order valence-corrected chi connectivity index (χ0v) is 12.1. The van der Waals surface area contributed by atoms with Crippen LogP contribution >= 0.6 is 0 Å². The number of hydrogen-bond acceptors (Lipinski definition) is 1. The number of para-hydroxylation sites is 2. The highest BCUT2D eigenvalue weighted by Gasteiger charge is 2.07. The number of rotatable bonds is 4. The van der Waals surface area contributed by atoms with Gasteiger partial charge in [0.15, 0.2) is 0 Å². The Labute approximate surface area is 128 Å². The van der Waals surface area contributed by atoms with Gasteiger partial charge in [0, 0.05) is 6.07 Å². The molecule has 22 heavy (non-hydrogen) atoms. The van der Waals surface area contributed by atoms with Crippen molar-refractivity contribution in [3.8, 4) is 11.4 Å². The van der Waals surface area contributed by atoms with E-state index in [1.54, 1.807) is 0 Å². The van der Waals surface area contributed by atoms with E-state index in [9.17, 15) is 0 Å². The number of H-pyrrole nitrogens is 1. The first-order valence-electron chi connectivity index (χ1n) is 7.33. The van der Waals surface area contributed by atoms with Crippen molar-refractivity contribution in [2.24, 2.45) is 0 Å². The van der Waals surface area contributed by atoms with E-state index in [2.05, 4.69) is 40.1 Å². The summed E-state index contributed by atoms with van der Waals surface area (Å²) in [6.07, 6.45) is 0. The minimum atomic E-state index is 0.578. The van der Waals surface area contributed by atoms with Crippen LogP contribution in [-0.4, -0.2) is 9.78 Å². The predicted octanol–water partition coefficient (Wildman–Crippen LogP) is 4.54. The highest BCUT2D eigenvalue weighted by atomic mass is 16.5. The number of fused-ring (bicyclic) bond motifs is 1. The van der Waals surface area contributed by atoms with Crippen LogP contribution in [0.4, 0.5) is 0 Å². The molecule has 1 aromatic heterocycles. The maximum atomic E-state index is 5.88. The lowest BCUT2D eigenvalue weighted by molar-refractivity contribution is 0.306. The largest absolute Gasteiger partial charge is 0.489 e. The molecule has 0 aliphatic carbocycles. The summed E-state index contributed by atoms with van der Waals surface area (Å²) in [6, 6.07) is 26.5. The van der Waals surface area contributed by atoms with Gasteiger partial charge < -0.3 is 4.74 Å². The number of nitrogens with zero attached hydrogens (tertiary/aromatic N) is 1. The fourth-order valence-electron chi connectivity index (χ4n) is 2.55. The fraction of sp³-hybridized carbons (Fsp3) is 0.0526. The molecule has 0 aliphatic heterocycles. The Balaban J connectivity index is 1.56. The van der Waals surface area contributed by atoms with Crippen molar-refractivity contribution in [3.05, 3.63) is 84.4 Å². The molecule has 4 rings (SSSR count). The average Bonchev–Trinajstić information content (AvgIpc) is 2.56. The number of hydrogen-bond donors (Lipinski definition) is 1. The molecule has 0 unspecified atom stereocenters. The molecule has 3 heteroatoms. The molecule has 0 radical (unpaired) electrons. The maximum absolute atomic E-state index is 5.88. The first kappa shape index (κ1) is 12.8. The van der Waals surface area contributed by atoms with Crippen LogP contribution in [0.1, 0.15) is 5.56 Å². The van der Waals surface area contributed by atoms with E-state index in [-0.39, 0.29) is 0 Å². The Morgan fingerprint density at radius 1 is 0.818 bits per heavy atom. The van der Waals surface area contributed by atoms with Crippen LogP contribution in [0.25, 0.3) is 16.7 Å². The molecule has 0 atom stereocenters. The molecule has 4 aromatic rings. The molecule has 0 aliphatic rings. The van der Waals surface area contributed by atoms with E-state index in [0.717, 1.165) is 17.0 Å². The van der Waals surface area contributed by atoms with Gasteiger partial charge in [-0.05, 0) is 29.8 Å². The summed E-state index contributed by atoms with van der Waals surface area (Å²) in [6.45, 7) is 0.578. The number of aromatic amines is 1. The third-order valence-electron chi connectivity index (χ3n) is 3.70. The Hall–Kier alpha value is -2.94. The fourth-order valence-corrected chi connectivity index (χ4v) is 2.55. The second-order valence-electron chi connectivity index (χ2n) is 5.24. The highest BCUT2D eigenvalue weighted by molar-refractivity contribution is 5.79. The molecular weight excluding hydrogens is 272 g/mol. The zero-order chi connectivity index (χ0) is 14.8. The first-order valence-corrected chi connectivity index (χ1v) is 7.33. The van der Waals surface area contributed by atoms with Gasteiger partial charge in [-0.25, -0.2) is 0 Å². The standard InChI is InChI=1S/C19H16N2O/c1-2-7-15(8-3-1)14-22-17-10-6-9-16(13-17)21-19-12-5-4-11-18(19)20-21/h1-13,20H,14H2. The Kier molecular flexibility index (Phi) is 3.16. The van der Waals surface area contributed by atoms with Crippen LogP contribution in [0, 0.1) is 0 Å². The molecule has 3 aromatic carbocycles. The Morgan fingerprint density at radius 3 is 2.50 bits per heavy atom. The van der Waals surface area contributed by atoms with Crippen LogP contribution in [-0.2, 0) is 6.61 Å². The highest BCUT2D eigenvalue weighted by Crippen LogP contribution is 2.23. The van der Waals surface area contributed by atoms with E-state index < -0.39 is 0 Å². The number of benzene rings is 3. The molecule has 0 bridgehead atoms. The lowest BCUT2D eigenvalue weighted by atomic mass is 10.2. The van der Waals surface area contributed by atoms with Crippen LogP contribution in [0.3, 0.4) is 0 Å². The monoisotopic (exact) mass is 288 g/mol. The Bertz CT molecular complexity index is 890. The van der Waals surface area contributed by atoms with Gasteiger partial charge in [-0.1, -0.05) is 48.5 Å². The van der Waals surface area contributed by atoms with Crippen molar-refractivity contribution in [2.75, 3.05) is 0 Å². The zero-order valence-electron chi connectivity index (χ0n) is 12.1. The summed E-state index contributed by atoms with van der Waals surface area (Å²) in [5, 5.41) is 3.32. The molecule has 1 heterocycles. The third-order valence-corrected chi connectivity index (χ3v) is 3.70.